The molecule has 0 radical (unpaired) electrons. The predicted molar refractivity (Wildman–Crippen MR) is 78.8 cm³/mol. The number of benzene rings is 1. The third-order valence-electron chi connectivity index (χ3n) is 4.06. The number of hydrogen-bond acceptors (Lipinski definition) is 3. The van der Waals surface area contributed by atoms with Crippen LogP contribution in [0.3, 0.4) is 0 Å². The largest absolute Gasteiger partial charge is 0.493 e. The lowest BCUT2D eigenvalue weighted by Gasteiger charge is -2.29. The summed E-state index contributed by atoms with van der Waals surface area (Å²) in [7, 11) is 1.97. The van der Waals surface area contributed by atoms with Gasteiger partial charge < -0.3 is 10.5 Å². The van der Waals surface area contributed by atoms with Gasteiger partial charge in [0.25, 0.3) is 0 Å². The van der Waals surface area contributed by atoms with Gasteiger partial charge in [0.2, 0.25) is 0 Å². The van der Waals surface area contributed by atoms with Gasteiger partial charge in [0.05, 0.1) is 12.3 Å². The zero-order chi connectivity index (χ0) is 14.1. The maximum absolute atomic E-state index is 6.39. The summed E-state index contributed by atoms with van der Waals surface area (Å²) in [6, 6.07) is 10.4. The fourth-order valence-corrected chi connectivity index (χ4v) is 2.89. The predicted octanol–water partition coefficient (Wildman–Crippen LogP) is 1.85. The van der Waals surface area contributed by atoms with Crippen LogP contribution in [0, 0.1) is 12.8 Å². The number of hydrogen-bond donors (Lipinski definition) is 1. The summed E-state index contributed by atoms with van der Waals surface area (Å²) in [4.78, 5) is 0. The second kappa shape index (κ2) is 5.29. The number of nitrogens with zero attached hydrogens (tertiary/aromatic N) is 2. The standard InChI is InChI=1S/C16H21N3O/c1-11-7-14(19(2)18-11)9-15(17)13-8-12-5-3-4-6-16(12)20-10-13/h3-7,13,15H,8-10,17H2,1-2H3. The van der Waals surface area contributed by atoms with Gasteiger partial charge in [-0.1, -0.05) is 18.2 Å². The number of ether oxygens (including phenoxy) is 1. The van der Waals surface area contributed by atoms with E-state index in [1.165, 1.54) is 11.3 Å². The van der Waals surface area contributed by atoms with Crippen LogP contribution in [0.5, 0.6) is 5.75 Å². The van der Waals surface area contributed by atoms with Crippen LogP contribution in [-0.4, -0.2) is 22.4 Å². The Bertz CT molecular complexity index is 606. The van der Waals surface area contributed by atoms with Crippen LogP contribution >= 0.6 is 0 Å². The Labute approximate surface area is 119 Å². The molecule has 0 amide bonds. The van der Waals surface area contributed by atoms with Crippen LogP contribution in [0.15, 0.2) is 30.3 Å². The second-order valence-corrected chi connectivity index (χ2v) is 5.65. The lowest BCUT2D eigenvalue weighted by atomic mass is 9.88. The van der Waals surface area contributed by atoms with Crippen molar-refractivity contribution in [1.29, 1.82) is 0 Å². The van der Waals surface area contributed by atoms with Gasteiger partial charge in [-0.25, -0.2) is 0 Å². The molecular weight excluding hydrogens is 250 g/mol. The van der Waals surface area contributed by atoms with E-state index in [1.54, 1.807) is 0 Å². The fourth-order valence-electron chi connectivity index (χ4n) is 2.89. The molecule has 20 heavy (non-hydrogen) atoms. The fraction of sp³-hybridized carbons (Fsp3) is 0.438. The molecule has 106 valence electrons. The van der Waals surface area contributed by atoms with Gasteiger partial charge in [0.1, 0.15) is 5.75 Å². The zero-order valence-corrected chi connectivity index (χ0v) is 12.0. The minimum absolute atomic E-state index is 0.0955. The topological polar surface area (TPSA) is 53.1 Å². The first-order chi connectivity index (χ1) is 9.63. The first-order valence-electron chi connectivity index (χ1n) is 7.09. The highest BCUT2D eigenvalue weighted by Crippen LogP contribution is 2.28. The van der Waals surface area contributed by atoms with Crippen molar-refractivity contribution in [3.63, 3.8) is 0 Å². The van der Waals surface area contributed by atoms with Crippen LogP contribution in [-0.2, 0) is 19.9 Å². The minimum Gasteiger partial charge on any atom is -0.493 e. The average Bonchev–Trinajstić information content (AvgIpc) is 2.76. The Hall–Kier alpha value is -1.81. The van der Waals surface area contributed by atoms with E-state index in [4.69, 9.17) is 10.5 Å². The van der Waals surface area contributed by atoms with E-state index in [9.17, 15) is 0 Å². The molecule has 0 saturated heterocycles. The smallest absolute Gasteiger partial charge is 0.122 e. The molecule has 4 nitrogen and oxygen atoms in total. The van der Waals surface area contributed by atoms with Gasteiger partial charge in [-0.2, -0.15) is 5.10 Å². The molecule has 0 bridgehead atoms. The van der Waals surface area contributed by atoms with Crippen LogP contribution in [0.1, 0.15) is 17.0 Å². The van der Waals surface area contributed by atoms with Crippen molar-refractivity contribution in [1.82, 2.24) is 9.78 Å². The number of aryl methyl sites for hydroxylation is 2. The quantitative estimate of drug-likeness (QED) is 0.927. The number of aromatic nitrogens is 2. The summed E-state index contributed by atoms with van der Waals surface area (Å²) >= 11 is 0. The molecule has 1 aromatic heterocycles. The third-order valence-corrected chi connectivity index (χ3v) is 4.06. The molecule has 3 rings (SSSR count). The SMILES string of the molecule is Cc1cc(CC(N)C2COc3ccccc3C2)n(C)n1. The van der Waals surface area contributed by atoms with E-state index in [0.29, 0.717) is 12.5 Å². The number of nitrogens with two attached hydrogens (primary N) is 1. The van der Waals surface area contributed by atoms with Crippen LogP contribution in [0.2, 0.25) is 0 Å². The minimum atomic E-state index is 0.0955. The first kappa shape index (κ1) is 13.2. The Morgan fingerprint density at radius 2 is 2.25 bits per heavy atom. The molecule has 2 atom stereocenters. The van der Waals surface area contributed by atoms with Crippen molar-refractivity contribution in [2.24, 2.45) is 18.7 Å². The molecule has 0 spiro atoms. The lowest BCUT2D eigenvalue weighted by Crippen LogP contribution is -2.39. The summed E-state index contributed by atoms with van der Waals surface area (Å²) < 4.78 is 7.75. The third kappa shape index (κ3) is 2.56. The maximum atomic E-state index is 6.39. The summed E-state index contributed by atoms with van der Waals surface area (Å²) in [5, 5.41) is 4.38. The zero-order valence-electron chi connectivity index (χ0n) is 12.0. The van der Waals surface area contributed by atoms with Crippen molar-refractivity contribution in [2.75, 3.05) is 6.61 Å². The van der Waals surface area contributed by atoms with Crippen molar-refractivity contribution < 1.29 is 4.74 Å². The van der Waals surface area contributed by atoms with E-state index >= 15 is 0 Å². The maximum Gasteiger partial charge on any atom is 0.122 e. The summed E-state index contributed by atoms with van der Waals surface area (Å²) in [6.45, 7) is 2.71. The summed E-state index contributed by atoms with van der Waals surface area (Å²) in [6.07, 6.45) is 1.84. The molecule has 0 aliphatic carbocycles. The van der Waals surface area contributed by atoms with Crippen LogP contribution in [0.4, 0.5) is 0 Å². The second-order valence-electron chi connectivity index (χ2n) is 5.65. The molecule has 2 heterocycles. The van der Waals surface area contributed by atoms with Crippen molar-refractivity contribution in [3.8, 4) is 5.75 Å². The highest BCUT2D eigenvalue weighted by atomic mass is 16.5. The lowest BCUT2D eigenvalue weighted by molar-refractivity contribution is 0.198. The molecular formula is C16H21N3O. The van der Waals surface area contributed by atoms with Crippen molar-refractivity contribution in [2.45, 2.75) is 25.8 Å². The highest BCUT2D eigenvalue weighted by molar-refractivity contribution is 5.35. The van der Waals surface area contributed by atoms with Crippen LogP contribution in [0.25, 0.3) is 0 Å². The Morgan fingerprint density at radius 1 is 1.45 bits per heavy atom. The molecule has 0 fully saturated rings. The van der Waals surface area contributed by atoms with E-state index in [1.807, 2.05) is 30.8 Å². The Kier molecular flexibility index (Phi) is 3.49. The van der Waals surface area contributed by atoms with Gasteiger partial charge >= 0.3 is 0 Å². The monoisotopic (exact) mass is 271 g/mol. The Balaban J connectivity index is 1.70. The first-order valence-corrected chi connectivity index (χ1v) is 7.09. The molecule has 1 aliphatic heterocycles. The van der Waals surface area contributed by atoms with Gasteiger partial charge in [0.15, 0.2) is 0 Å². The van der Waals surface area contributed by atoms with Crippen LogP contribution < -0.4 is 10.5 Å². The van der Waals surface area contributed by atoms with E-state index < -0.39 is 0 Å². The molecule has 2 aromatic rings. The molecule has 2 N–H and O–H groups in total. The molecule has 4 heteroatoms. The molecule has 1 aromatic carbocycles. The molecule has 1 aliphatic rings. The van der Waals surface area contributed by atoms with Gasteiger partial charge in [-0.15, -0.1) is 0 Å². The normalized spacial score (nSPS) is 19.2. The average molecular weight is 271 g/mol. The van der Waals surface area contributed by atoms with Gasteiger partial charge in [0, 0.05) is 31.1 Å². The number of para-hydroxylation sites is 1. The van der Waals surface area contributed by atoms with E-state index in [-0.39, 0.29) is 6.04 Å². The van der Waals surface area contributed by atoms with E-state index in [0.717, 1.165) is 24.3 Å². The summed E-state index contributed by atoms with van der Waals surface area (Å²) in [5.74, 6) is 1.37. The van der Waals surface area contributed by atoms with Gasteiger partial charge in [-0.05, 0) is 31.0 Å². The number of rotatable bonds is 3. The molecule has 2 unspecified atom stereocenters. The molecule has 0 saturated carbocycles. The highest BCUT2D eigenvalue weighted by Gasteiger charge is 2.25. The van der Waals surface area contributed by atoms with E-state index in [2.05, 4.69) is 23.3 Å². The van der Waals surface area contributed by atoms with Crippen molar-refractivity contribution >= 4 is 0 Å². The summed E-state index contributed by atoms with van der Waals surface area (Å²) in [5.41, 5.74) is 9.89. The number of fused-ring (bicyclic) bond motifs is 1. The van der Waals surface area contributed by atoms with Gasteiger partial charge in [-0.3, -0.25) is 4.68 Å². The Morgan fingerprint density at radius 3 is 3.00 bits per heavy atom. The van der Waals surface area contributed by atoms with Crippen molar-refractivity contribution in [3.05, 3.63) is 47.3 Å².